The lowest BCUT2D eigenvalue weighted by atomic mass is 9.80. The Kier molecular flexibility index (Phi) is 3.33. The highest BCUT2D eigenvalue weighted by Crippen LogP contribution is 2.46. The van der Waals surface area contributed by atoms with E-state index in [9.17, 15) is 14.4 Å². The predicted octanol–water partition coefficient (Wildman–Crippen LogP) is 0.413. The predicted molar refractivity (Wildman–Crippen MR) is 58.0 cm³/mol. The van der Waals surface area contributed by atoms with Crippen LogP contribution in [0.2, 0.25) is 0 Å². The van der Waals surface area contributed by atoms with Gasteiger partial charge in [-0.2, -0.15) is 0 Å². The van der Waals surface area contributed by atoms with E-state index in [0.717, 1.165) is 14.2 Å². The number of rotatable bonds is 2. The highest BCUT2D eigenvalue weighted by Gasteiger charge is 2.64. The molecule has 5 nitrogen and oxygen atoms in total. The molecule has 0 aromatic heterocycles. The monoisotopic (exact) mass is 246 g/mol. The average Bonchev–Trinajstić information content (AvgIpc) is 2.50. The molecule has 1 heterocycles. The summed E-state index contributed by atoms with van der Waals surface area (Å²) < 4.78 is 8.33. The third-order valence-electron chi connectivity index (χ3n) is 2.65. The summed E-state index contributed by atoms with van der Waals surface area (Å²) in [7, 11) is 2.30. The molecule has 0 saturated carbocycles. The maximum atomic E-state index is 12.1. The zero-order chi connectivity index (χ0) is 12.6. The molecular formula is C10H14O5S. The van der Waals surface area contributed by atoms with Gasteiger partial charge in [0.2, 0.25) is 5.41 Å². The van der Waals surface area contributed by atoms with Crippen LogP contribution in [-0.2, 0) is 23.9 Å². The Balaban J connectivity index is 3.24. The van der Waals surface area contributed by atoms with Crippen LogP contribution in [-0.4, -0.2) is 42.4 Å². The van der Waals surface area contributed by atoms with Gasteiger partial charge in [-0.3, -0.25) is 14.4 Å². The van der Waals surface area contributed by atoms with Crippen LogP contribution in [0.15, 0.2) is 0 Å². The van der Waals surface area contributed by atoms with Crippen molar-refractivity contribution in [1.29, 1.82) is 0 Å². The Morgan fingerprint density at radius 2 is 1.62 bits per heavy atom. The Morgan fingerprint density at radius 3 is 1.88 bits per heavy atom. The first-order valence-corrected chi connectivity index (χ1v) is 5.67. The van der Waals surface area contributed by atoms with Crippen molar-refractivity contribution >= 4 is 29.5 Å². The van der Waals surface area contributed by atoms with Crippen LogP contribution < -0.4 is 0 Å². The number of hydrogen-bond acceptors (Lipinski definition) is 6. The molecule has 1 saturated heterocycles. The molecule has 1 aliphatic rings. The van der Waals surface area contributed by atoms with Crippen LogP contribution >= 0.6 is 11.8 Å². The Hall–Kier alpha value is -1.04. The van der Waals surface area contributed by atoms with E-state index >= 15 is 0 Å². The Bertz CT molecular complexity index is 331. The minimum atomic E-state index is -1.79. The van der Waals surface area contributed by atoms with Crippen molar-refractivity contribution in [2.75, 3.05) is 20.0 Å². The molecule has 0 atom stereocenters. The van der Waals surface area contributed by atoms with Gasteiger partial charge in [-0.15, -0.1) is 11.8 Å². The molecule has 0 unspecified atom stereocenters. The standard InChI is InChI=1S/C10H14O5S/c1-9(2)6(11)10(5-16-9,7(12)14-3)8(13)15-4/h5H2,1-4H3. The molecule has 90 valence electrons. The van der Waals surface area contributed by atoms with E-state index in [-0.39, 0.29) is 5.75 Å². The lowest BCUT2D eigenvalue weighted by Gasteiger charge is -2.22. The Labute approximate surface area is 97.9 Å². The lowest BCUT2D eigenvalue weighted by Crippen LogP contribution is -2.50. The van der Waals surface area contributed by atoms with Crippen LogP contribution in [0.5, 0.6) is 0 Å². The first-order valence-electron chi connectivity index (χ1n) is 4.68. The molecule has 0 aromatic rings. The zero-order valence-electron chi connectivity index (χ0n) is 9.66. The van der Waals surface area contributed by atoms with Gasteiger partial charge in [-0.1, -0.05) is 0 Å². The number of carbonyl (C=O) groups is 3. The number of ether oxygens (including phenoxy) is 2. The van der Waals surface area contributed by atoms with Gasteiger partial charge in [-0.25, -0.2) is 0 Å². The topological polar surface area (TPSA) is 69.7 Å². The van der Waals surface area contributed by atoms with Crippen LogP contribution in [0.4, 0.5) is 0 Å². The van der Waals surface area contributed by atoms with E-state index in [1.807, 2.05) is 0 Å². The quantitative estimate of drug-likeness (QED) is 0.519. The van der Waals surface area contributed by atoms with E-state index in [2.05, 4.69) is 9.47 Å². The molecule has 6 heteroatoms. The molecule has 1 fully saturated rings. The second-order valence-electron chi connectivity index (χ2n) is 4.02. The normalized spacial score (nSPS) is 21.6. The third kappa shape index (κ3) is 1.61. The number of hydrogen-bond donors (Lipinski definition) is 0. The van der Waals surface area contributed by atoms with Crippen molar-refractivity contribution in [2.24, 2.45) is 5.41 Å². The highest BCUT2D eigenvalue weighted by molar-refractivity contribution is 8.02. The summed E-state index contributed by atoms with van der Waals surface area (Å²) in [6.07, 6.45) is 0. The summed E-state index contributed by atoms with van der Waals surface area (Å²) in [5.41, 5.74) is -1.79. The maximum Gasteiger partial charge on any atom is 0.331 e. The molecule has 0 radical (unpaired) electrons. The van der Waals surface area contributed by atoms with Crippen molar-refractivity contribution in [1.82, 2.24) is 0 Å². The molecule has 1 aliphatic heterocycles. The minimum absolute atomic E-state index is 0.0676. The van der Waals surface area contributed by atoms with Crippen LogP contribution in [0.25, 0.3) is 0 Å². The summed E-state index contributed by atoms with van der Waals surface area (Å²) in [5, 5.41) is 0. The highest BCUT2D eigenvalue weighted by atomic mass is 32.2. The van der Waals surface area contributed by atoms with E-state index in [1.54, 1.807) is 13.8 Å². The summed E-state index contributed by atoms with van der Waals surface area (Å²) >= 11 is 1.25. The van der Waals surface area contributed by atoms with E-state index in [4.69, 9.17) is 0 Å². The van der Waals surface area contributed by atoms with Gasteiger partial charge in [-0.05, 0) is 13.8 Å². The largest absolute Gasteiger partial charge is 0.468 e. The minimum Gasteiger partial charge on any atom is -0.468 e. The fourth-order valence-electron chi connectivity index (χ4n) is 1.67. The second-order valence-corrected chi connectivity index (χ2v) is 5.61. The van der Waals surface area contributed by atoms with E-state index < -0.39 is 27.9 Å². The number of ketones is 1. The molecule has 0 bridgehead atoms. The fourth-order valence-corrected chi connectivity index (χ4v) is 2.92. The molecule has 16 heavy (non-hydrogen) atoms. The molecular weight excluding hydrogens is 232 g/mol. The zero-order valence-corrected chi connectivity index (χ0v) is 10.5. The maximum absolute atomic E-state index is 12.1. The first kappa shape index (κ1) is 13.0. The molecule has 1 rings (SSSR count). The van der Waals surface area contributed by atoms with E-state index in [1.165, 1.54) is 11.8 Å². The van der Waals surface area contributed by atoms with Gasteiger partial charge >= 0.3 is 11.9 Å². The summed E-state index contributed by atoms with van der Waals surface area (Å²) in [5.74, 6) is -2.08. The van der Waals surface area contributed by atoms with Gasteiger partial charge < -0.3 is 9.47 Å². The fraction of sp³-hybridized carbons (Fsp3) is 0.700. The summed E-state index contributed by atoms with van der Waals surface area (Å²) in [4.78, 5) is 35.5. The molecule has 0 aromatic carbocycles. The van der Waals surface area contributed by atoms with Crippen molar-refractivity contribution < 1.29 is 23.9 Å². The lowest BCUT2D eigenvalue weighted by molar-refractivity contribution is -0.170. The SMILES string of the molecule is COC(=O)C1(C(=O)OC)CSC(C)(C)C1=O. The van der Waals surface area contributed by atoms with Crippen LogP contribution in [0, 0.1) is 5.41 Å². The van der Waals surface area contributed by atoms with Gasteiger partial charge in [0.25, 0.3) is 0 Å². The van der Waals surface area contributed by atoms with Crippen molar-refractivity contribution in [3.05, 3.63) is 0 Å². The summed E-state index contributed by atoms with van der Waals surface area (Å²) in [6, 6.07) is 0. The third-order valence-corrected chi connectivity index (χ3v) is 4.14. The number of methoxy groups -OCH3 is 2. The summed E-state index contributed by atoms with van der Waals surface area (Å²) in [6.45, 7) is 3.35. The molecule has 0 N–H and O–H groups in total. The smallest absolute Gasteiger partial charge is 0.331 e. The van der Waals surface area contributed by atoms with Crippen molar-refractivity contribution in [2.45, 2.75) is 18.6 Å². The average molecular weight is 246 g/mol. The first-order chi connectivity index (χ1) is 7.32. The van der Waals surface area contributed by atoms with Gasteiger partial charge in [0, 0.05) is 5.75 Å². The Morgan fingerprint density at radius 1 is 1.19 bits per heavy atom. The number of carbonyl (C=O) groups excluding carboxylic acids is 3. The molecule has 0 aliphatic carbocycles. The van der Waals surface area contributed by atoms with Crippen molar-refractivity contribution in [3.8, 4) is 0 Å². The van der Waals surface area contributed by atoms with Gasteiger partial charge in [0.1, 0.15) is 0 Å². The molecule has 0 amide bonds. The molecule has 0 spiro atoms. The second kappa shape index (κ2) is 4.08. The van der Waals surface area contributed by atoms with Crippen LogP contribution in [0.1, 0.15) is 13.8 Å². The van der Waals surface area contributed by atoms with E-state index in [0.29, 0.717) is 0 Å². The van der Waals surface area contributed by atoms with Gasteiger partial charge in [0.05, 0.1) is 19.0 Å². The van der Waals surface area contributed by atoms with Crippen molar-refractivity contribution in [3.63, 3.8) is 0 Å². The van der Waals surface area contributed by atoms with Gasteiger partial charge in [0.15, 0.2) is 5.78 Å². The number of Topliss-reactive ketones (excluding diaryl/α,β-unsaturated/α-hetero) is 1. The van der Waals surface area contributed by atoms with Crippen LogP contribution in [0.3, 0.4) is 0 Å². The number of thioether (sulfide) groups is 1. The number of esters is 2.